The molecule has 6 heterocycles. The topological polar surface area (TPSA) is 522 Å². The Bertz CT molecular complexity index is 1890. The molecule has 6 saturated heterocycles. The summed E-state index contributed by atoms with van der Waals surface area (Å²) >= 11 is 0. The van der Waals surface area contributed by atoms with Crippen molar-refractivity contribution in [3.05, 3.63) is 0 Å². The van der Waals surface area contributed by atoms with E-state index in [1.807, 2.05) is 0 Å². The van der Waals surface area contributed by atoms with Gasteiger partial charge in [-0.3, -0.25) is 14.4 Å². The summed E-state index contributed by atoms with van der Waals surface area (Å²) in [5, 5.41) is 180. The number of ether oxygens (including phenoxy) is 12. The molecule has 6 rings (SSSR count). The monoisotopic (exact) mass is 1130 g/mol. The minimum Gasteiger partial charge on any atom is -0.394 e. The summed E-state index contributed by atoms with van der Waals surface area (Å²) in [5.41, 5.74) is 0. The van der Waals surface area contributed by atoms with E-state index in [-0.39, 0.29) is 6.61 Å². The van der Waals surface area contributed by atoms with Crippen LogP contribution in [-0.2, 0) is 71.2 Å². The number of methoxy groups -OCH3 is 1. The van der Waals surface area contributed by atoms with E-state index in [2.05, 4.69) is 16.0 Å². The summed E-state index contributed by atoms with van der Waals surface area (Å²) in [6, 6.07) is -4.91. The van der Waals surface area contributed by atoms with Gasteiger partial charge in [-0.25, -0.2) is 0 Å². The van der Waals surface area contributed by atoms with E-state index in [1.165, 1.54) is 7.11 Å². The van der Waals surface area contributed by atoms with Crippen molar-refractivity contribution in [3.63, 3.8) is 0 Å². The molecule has 0 spiro atoms. The van der Waals surface area contributed by atoms with Crippen molar-refractivity contribution in [2.75, 3.05) is 46.8 Å². The van der Waals surface area contributed by atoms with Gasteiger partial charge in [-0.15, -0.1) is 0 Å². The zero-order valence-electron chi connectivity index (χ0n) is 41.8. The lowest BCUT2D eigenvalue weighted by Gasteiger charge is -2.50. The Labute approximate surface area is 437 Å². The Morgan fingerprint density at radius 1 is 0.364 bits per heavy atom. The normalized spacial score (nSPS) is 47.7. The van der Waals surface area contributed by atoms with Gasteiger partial charge in [-0.05, 0) is 0 Å². The molecule has 6 fully saturated rings. The smallest absolute Gasteiger partial charge is 0.217 e. The van der Waals surface area contributed by atoms with Crippen LogP contribution in [0.1, 0.15) is 20.8 Å². The third-order valence-corrected chi connectivity index (χ3v) is 13.8. The largest absolute Gasteiger partial charge is 0.394 e. The Kier molecular flexibility index (Phi) is 22.9. The second-order valence-corrected chi connectivity index (χ2v) is 19.3. The van der Waals surface area contributed by atoms with Crippen LogP contribution >= 0.6 is 0 Å². The summed E-state index contributed by atoms with van der Waals surface area (Å²) < 4.78 is 68.7. The number of aliphatic hydroxyl groups is 16. The van der Waals surface area contributed by atoms with Crippen LogP contribution in [0.5, 0.6) is 0 Å². The maximum absolute atomic E-state index is 12.5. The molecular weight excluding hydrogens is 1050 g/mol. The van der Waals surface area contributed by atoms with Crippen LogP contribution in [0.25, 0.3) is 0 Å². The SMILES string of the molecule is COC[C@H]1O[C@@H](O[C@H]2[C@H](O)[C@@H](NC(C)=O)[C@H](O[C@@H]3[C@@H](OC[C@H]4O[C@@H](O[C@H]5[C@H](O)[C@@H](NC(C)=O)[C@H](O[C@H]6[C@H](O)[C@@H](NC(C)=O)[C@H](O)O[C@@H]6CO)O[C@@H]5CO)[C@@H](O)[C@@H](O)[C@@H]4O)O[C@H](CO)[C@@H](O)[C@@H]3O)O[C@@H]2CO)[C@H](O)[C@@H](O)[C@H]1O. The van der Waals surface area contributed by atoms with Crippen LogP contribution in [0.2, 0.25) is 0 Å². The predicted molar refractivity (Wildman–Crippen MR) is 239 cm³/mol. The number of hydrogen-bond acceptors (Lipinski definition) is 31. The first-order valence-electron chi connectivity index (χ1n) is 24.5. The van der Waals surface area contributed by atoms with Gasteiger partial charge >= 0.3 is 0 Å². The molecule has 0 aliphatic carbocycles. The second kappa shape index (κ2) is 27.8. The van der Waals surface area contributed by atoms with Crippen LogP contribution in [0.15, 0.2) is 0 Å². The molecule has 3 amide bonds. The van der Waals surface area contributed by atoms with Crippen LogP contribution < -0.4 is 16.0 Å². The van der Waals surface area contributed by atoms with Gasteiger partial charge in [-0.2, -0.15) is 0 Å². The Morgan fingerprint density at radius 2 is 0.701 bits per heavy atom. The Morgan fingerprint density at radius 3 is 1.12 bits per heavy atom. The molecule has 30 atom stereocenters. The molecule has 0 aromatic rings. The van der Waals surface area contributed by atoms with Crippen molar-refractivity contribution in [1.82, 2.24) is 16.0 Å². The lowest BCUT2D eigenvalue weighted by molar-refractivity contribution is -0.379. The van der Waals surface area contributed by atoms with Crippen LogP contribution in [0.4, 0.5) is 0 Å². The summed E-state index contributed by atoms with van der Waals surface area (Å²) in [4.78, 5) is 36.8. The number of rotatable bonds is 20. The minimum absolute atomic E-state index is 0.287. The van der Waals surface area contributed by atoms with Crippen molar-refractivity contribution < 1.29 is 153 Å². The highest BCUT2D eigenvalue weighted by atomic mass is 16.8. The summed E-state index contributed by atoms with van der Waals surface area (Å²) in [7, 11) is 1.26. The summed E-state index contributed by atoms with van der Waals surface area (Å²) in [5.74, 6) is -2.31. The fourth-order valence-electron chi connectivity index (χ4n) is 9.76. The number of nitrogens with one attached hydrogen (secondary N) is 3. The fraction of sp³-hybridized carbons (Fsp3) is 0.930. The Hall–Kier alpha value is -2.71. The minimum atomic E-state index is -2.15. The van der Waals surface area contributed by atoms with Crippen LogP contribution in [-0.4, -0.2) is 330 Å². The first-order chi connectivity index (χ1) is 36.4. The quantitative estimate of drug-likeness (QED) is 0.0538. The molecule has 6 aliphatic rings. The van der Waals surface area contributed by atoms with E-state index in [0.717, 1.165) is 20.8 Å². The van der Waals surface area contributed by atoms with E-state index in [1.54, 1.807) is 0 Å². The first-order valence-corrected chi connectivity index (χ1v) is 24.5. The van der Waals surface area contributed by atoms with Gasteiger partial charge in [-0.1, -0.05) is 0 Å². The van der Waals surface area contributed by atoms with E-state index < -0.39 is 235 Å². The van der Waals surface area contributed by atoms with Crippen molar-refractivity contribution >= 4 is 17.7 Å². The highest BCUT2D eigenvalue weighted by Gasteiger charge is 2.57. The summed E-state index contributed by atoms with van der Waals surface area (Å²) in [6.45, 7) is -1.85. The molecule has 0 saturated carbocycles. The van der Waals surface area contributed by atoms with E-state index in [0.29, 0.717) is 0 Å². The van der Waals surface area contributed by atoms with Gasteiger partial charge in [0.15, 0.2) is 37.7 Å². The lowest BCUT2D eigenvalue weighted by atomic mass is 9.94. The third-order valence-electron chi connectivity index (χ3n) is 13.8. The molecule has 19 N–H and O–H groups in total. The Balaban J connectivity index is 1.19. The van der Waals surface area contributed by atoms with Crippen molar-refractivity contribution in [2.45, 2.75) is 205 Å². The van der Waals surface area contributed by atoms with Crippen molar-refractivity contribution in [2.24, 2.45) is 0 Å². The van der Waals surface area contributed by atoms with Gasteiger partial charge in [0.1, 0.15) is 146 Å². The van der Waals surface area contributed by atoms with Gasteiger partial charge < -0.3 is 154 Å². The molecule has 0 aromatic heterocycles. The molecule has 0 bridgehead atoms. The maximum Gasteiger partial charge on any atom is 0.217 e. The average Bonchev–Trinajstić information content (AvgIpc) is 3.40. The standard InChI is InChI=1S/C43H73N3O31/c1-11(51)44-20-26(57)34(15(6-48)68-38(20)65)74-39-21(45-12(2)52)27(58)35(16(7-49)70-39)76-42-33(64)30(61)25(56)19(73-42)10-67-43-37(31(62)23(54)14(5-47)69-43)77-40-22(46-13(3)53)28(59)36(17(8-50)71-40)75-41-32(63)29(60)24(55)18(72-41)9-66-4/h14-43,47-50,54-65H,5-10H2,1-4H3,(H,44,51)(H,45,52)(H,46,53)/t14-,15-,16-,17-,18-,19-,20-,21-,22-,23-,24+,25-,26-,27-,28-,29+,30+,31+,32-,33+,34-,35-,36-,37+,38-,39+,40+,41+,42+,43+/m1/s1. The number of amides is 3. The molecule has 0 radical (unpaired) electrons. The predicted octanol–water partition coefficient (Wildman–Crippen LogP) is -13.0. The maximum atomic E-state index is 12.5. The molecule has 0 unspecified atom stereocenters. The number of carbonyl (C=O) groups is 3. The molecule has 77 heavy (non-hydrogen) atoms. The number of aliphatic hydroxyl groups excluding tert-OH is 16. The average molecular weight is 1130 g/mol. The number of carbonyl (C=O) groups excluding carboxylic acids is 3. The van der Waals surface area contributed by atoms with Gasteiger partial charge in [0.05, 0.1) is 39.6 Å². The highest BCUT2D eigenvalue weighted by molar-refractivity contribution is 5.74. The summed E-state index contributed by atoms with van der Waals surface area (Å²) in [6.07, 6.45) is -49.5. The molecular formula is C43H73N3O31. The highest BCUT2D eigenvalue weighted by Crippen LogP contribution is 2.36. The second-order valence-electron chi connectivity index (χ2n) is 19.3. The molecule has 446 valence electrons. The molecule has 0 aromatic carbocycles. The lowest BCUT2D eigenvalue weighted by Crippen LogP contribution is -2.70. The molecule has 34 heteroatoms. The van der Waals surface area contributed by atoms with Crippen LogP contribution in [0, 0.1) is 0 Å². The van der Waals surface area contributed by atoms with Gasteiger partial charge in [0.25, 0.3) is 0 Å². The van der Waals surface area contributed by atoms with E-state index in [9.17, 15) is 96.1 Å². The van der Waals surface area contributed by atoms with Gasteiger partial charge in [0, 0.05) is 27.9 Å². The van der Waals surface area contributed by atoms with Crippen LogP contribution in [0.3, 0.4) is 0 Å². The van der Waals surface area contributed by atoms with Crippen molar-refractivity contribution in [1.29, 1.82) is 0 Å². The van der Waals surface area contributed by atoms with Gasteiger partial charge in [0.2, 0.25) is 17.7 Å². The molecule has 34 nitrogen and oxygen atoms in total. The zero-order valence-corrected chi connectivity index (χ0v) is 41.8. The van der Waals surface area contributed by atoms with E-state index in [4.69, 9.17) is 56.8 Å². The van der Waals surface area contributed by atoms with E-state index >= 15 is 0 Å². The first kappa shape index (κ1) is 63.5. The zero-order chi connectivity index (χ0) is 56.9. The fourth-order valence-corrected chi connectivity index (χ4v) is 9.76. The third kappa shape index (κ3) is 14.3. The van der Waals surface area contributed by atoms with Crippen molar-refractivity contribution in [3.8, 4) is 0 Å². The molecule has 6 aliphatic heterocycles. The number of hydrogen-bond donors (Lipinski definition) is 19.